The number of amides is 2. The highest BCUT2D eigenvalue weighted by Gasteiger charge is 2.33. The zero-order valence-corrected chi connectivity index (χ0v) is 16.2. The molecule has 1 fully saturated rings. The van der Waals surface area contributed by atoms with Crippen molar-refractivity contribution < 1.29 is 14.3 Å². The fourth-order valence-corrected chi connectivity index (χ4v) is 2.87. The summed E-state index contributed by atoms with van der Waals surface area (Å²) in [4.78, 5) is 28.6. The standard InChI is InChI=1S/C18H35N3O3/c1-7-20(17(23)24-18(4,5)6)12-14-10-8-9-11-21(14)16(22)15(19)13(2)3/h13-15H,7-12,19H2,1-6H3/t14-,15-/m0/s1. The van der Waals surface area contributed by atoms with E-state index in [0.29, 0.717) is 13.1 Å². The molecule has 0 saturated carbocycles. The van der Waals surface area contributed by atoms with Crippen LogP contribution in [0.15, 0.2) is 0 Å². The molecule has 0 aromatic carbocycles. The SMILES string of the molecule is CCN(C[C@@H]1CCCCN1C(=O)[C@@H](N)C(C)C)C(=O)OC(C)(C)C. The Hall–Kier alpha value is -1.30. The second-order valence-electron chi connectivity index (χ2n) is 7.97. The zero-order chi connectivity index (χ0) is 18.5. The van der Waals surface area contributed by atoms with Crippen LogP contribution in [0, 0.1) is 5.92 Å². The van der Waals surface area contributed by atoms with Crippen molar-refractivity contribution in [1.82, 2.24) is 9.80 Å². The van der Waals surface area contributed by atoms with Gasteiger partial charge in [0.15, 0.2) is 0 Å². The van der Waals surface area contributed by atoms with Crippen LogP contribution >= 0.6 is 0 Å². The molecule has 0 bridgehead atoms. The molecule has 2 amide bonds. The van der Waals surface area contributed by atoms with Crippen molar-refractivity contribution in [3.8, 4) is 0 Å². The zero-order valence-electron chi connectivity index (χ0n) is 16.2. The second kappa shape index (κ2) is 8.70. The molecule has 1 saturated heterocycles. The number of carbonyl (C=O) groups excluding carboxylic acids is 2. The summed E-state index contributed by atoms with van der Waals surface area (Å²) in [5.41, 5.74) is 5.54. The maximum absolute atomic E-state index is 12.7. The van der Waals surface area contributed by atoms with E-state index < -0.39 is 11.6 Å². The van der Waals surface area contributed by atoms with Crippen LogP contribution in [0.1, 0.15) is 60.8 Å². The van der Waals surface area contributed by atoms with Crippen molar-refractivity contribution in [3.63, 3.8) is 0 Å². The van der Waals surface area contributed by atoms with E-state index in [1.54, 1.807) is 4.90 Å². The highest BCUT2D eigenvalue weighted by Crippen LogP contribution is 2.21. The first-order chi connectivity index (χ1) is 11.1. The molecular formula is C18H35N3O3. The molecule has 1 aliphatic heterocycles. The van der Waals surface area contributed by atoms with E-state index in [2.05, 4.69) is 0 Å². The molecular weight excluding hydrogens is 306 g/mol. The molecule has 2 atom stereocenters. The number of hydrogen-bond acceptors (Lipinski definition) is 4. The Morgan fingerprint density at radius 3 is 2.42 bits per heavy atom. The van der Waals surface area contributed by atoms with Crippen LogP contribution in [0.25, 0.3) is 0 Å². The number of nitrogens with zero attached hydrogens (tertiary/aromatic N) is 2. The summed E-state index contributed by atoms with van der Waals surface area (Å²) in [5, 5.41) is 0. The second-order valence-corrected chi connectivity index (χ2v) is 7.97. The lowest BCUT2D eigenvalue weighted by Crippen LogP contribution is -2.56. The molecule has 6 nitrogen and oxygen atoms in total. The molecule has 140 valence electrons. The van der Waals surface area contributed by atoms with Gasteiger partial charge in [0.25, 0.3) is 0 Å². The lowest BCUT2D eigenvalue weighted by molar-refractivity contribution is -0.137. The van der Waals surface area contributed by atoms with Crippen molar-refractivity contribution in [2.24, 2.45) is 11.7 Å². The van der Waals surface area contributed by atoms with E-state index >= 15 is 0 Å². The first kappa shape index (κ1) is 20.7. The summed E-state index contributed by atoms with van der Waals surface area (Å²) in [6.07, 6.45) is 2.63. The van der Waals surface area contributed by atoms with Crippen LogP contribution < -0.4 is 5.73 Å². The van der Waals surface area contributed by atoms with Gasteiger partial charge in [-0.25, -0.2) is 4.79 Å². The number of rotatable bonds is 5. The lowest BCUT2D eigenvalue weighted by Gasteiger charge is -2.40. The minimum Gasteiger partial charge on any atom is -0.444 e. The maximum Gasteiger partial charge on any atom is 0.410 e. The Labute approximate surface area is 146 Å². The van der Waals surface area contributed by atoms with Crippen LogP contribution in [-0.4, -0.2) is 59.1 Å². The number of hydrogen-bond donors (Lipinski definition) is 1. The van der Waals surface area contributed by atoms with E-state index in [4.69, 9.17) is 10.5 Å². The Balaban J connectivity index is 2.80. The predicted octanol–water partition coefficient (Wildman–Crippen LogP) is 2.61. The normalized spacial score (nSPS) is 20.0. The minimum atomic E-state index is -0.521. The molecule has 6 heteroatoms. The van der Waals surface area contributed by atoms with Gasteiger partial charge in [-0.05, 0) is 52.9 Å². The van der Waals surface area contributed by atoms with Gasteiger partial charge in [-0.1, -0.05) is 13.8 Å². The van der Waals surface area contributed by atoms with Gasteiger partial charge in [-0.2, -0.15) is 0 Å². The van der Waals surface area contributed by atoms with E-state index in [0.717, 1.165) is 25.8 Å². The van der Waals surface area contributed by atoms with Crippen molar-refractivity contribution >= 4 is 12.0 Å². The fraction of sp³-hybridized carbons (Fsp3) is 0.889. The van der Waals surface area contributed by atoms with Crippen LogP contribution in [0.4, 0.5) is 4.79 Å². The number of nitrogens with two attached hydrogens (primary N) is 1. The number of ether oxygens (including phenoxy) is 1. The van der Waals surface area contributed by atoms with Crippen molar-refractivity contribution in [1.29, 1.82) is 0 Å². The molecule has 0 aromatic rings. The van der Waals surface area contributed by atoms with Gasteiger partial charge in [0, 0.05) is 25.7 Å². The predicted molar refractivity (Wildman–Crippen MR) is 95.6 cm³/mol. The average molecular weight is 341 g/mol. The molecule has 1 aliphatic rings. The van der Waals surface area contributed by atoms with Crippen LogP contribution in [0.5, 0.6) is 0 Å². The maximum atomic E-state index is 12.7. The monoisotopic (exact) mass is 341 g/mol. The minimum absolute atomic E-state index is 0.00468. The Bertz CT molecular complexity index is 432. The molecule has 1 heterocycles. The van der Waals surface area contributed by atoms with Gasteiger partial charge in [-0.15, -0.1) is 0 Å². The molecule has 0 spiro atoms. The van der Waals surface area contributed by atoms with E-state index in [-0.39, 0.29) is 24.0 Å². The Morgan fingerprint density at radius 1 is 1.29 bits per heavy atom. The third kappa shape index (κ3) is 5.96. The molecule has 24 heavy (non-hydrogen) atoms. The summed E-state index contributed by atoms with van der Waals surface area (Å²) in [6.45, 7) is 13.2. The largest absolute Gasteiger partial charge is 0.444 e. The van der Waals surface area contributed by atoms with E-state index in [9.17, 15) is 9.59 Å². The van der Waals surface area contributed by atoms with Gasteiger partial charge in [-0.3, -0.25) is 4.79 Å². The molecule has 1 rings (SSSR count). The van der Waals surface area contributed by atoms with Gasteiger partial charge >= 0.3 is 6.09 Å². The molecule has 0 aromatic heterocycles. The topological polar surface area (TPSA) is 75.9 Å². The Morgan fingerprint density at radius 2 is 1.92 bits per heavy atom. The van der Waals surface area contributed by atoms with Crippen molar-refractivity contribution in [2.75, 3.05) is 19.6 Å². The van der Waals surface area contributed by atoms with Crippen molar-refractivity contribution in [2.45, 2.75) is 78.5 Å². The van der Waals surface area contributed by atoms with Crippen LogP contribution in [0.2, 0.25) is 0 Å². The smallest absolute Gasteiger partial charge is 0.410 e. The summed E-state index contributed by atoms with van der Waals surface area (Å²) >= 11 is 0. The number of likely N-dealkylation sites (tertiary alicyclic amines) is 1. The quantitative estimate of drug-likeness (QED) is 0.834. The number of likely N-dealkylation sites (N-methyl/N-ethyl adjacent to an activating group) is 1. The molecule has 2 N–H and O–H groups in total. The highest BCUT2D eigenvalue weighted by atomic mass is 16.6. The van der Waals surface area contributed by atoms with Gasteiger partial charge < -0.3 is 20.3 Å². The number of carbonyl (C=O) groups is 2. The third-order valence-corrected chi connectivity index (χ3v) is 4.38. The first-order valence-electron chi connectivity index (χ1n) is 9.10. The summed E-state index contributed by atoms with van der Waals surface area (Å²) < 4.78 is 5.47. The van der Waals surface area contributed by atoms with Crippen LogP contribution in [0.3, 0.4) is 0 Å². The molecule has 0 aliphatic carbocycles. The first-order valence-corrected chi connectivity index (χ1v) is 9.10. The Kier molecular flexibility index (Phi) is 7.52. The molecule has 0 unspecified atom stereocenters. The average Bonchev–Trinajstić information content (AvgIpc) is 2.49. The third-order valence-electron chi connectivity index (χ3n) is 4.38. The fourth-order valence-electron chi connectivity index (χ4n) is 2.87. The van der Waals surface area contributed by atoms with Crippen molar-refractivity contribution in [3.05, 3.63) is 0 Å². The number of piperidine rings is 1. The van der Waals surface area contributed by atoms with Gasteiger partial charge in [0.2, 0.25) is 5.91 Å². The highest BCUT2D eigenvalue weighted by molar-refractivity contribution is 5.82. The summed E-state index contributed by atoms with van der Waals surface area (Å²) in [6, 6.07) is -0.467. The van der Waals surface area contributed by atoms with E-state index in [1.807, 2.05) is 46.4 Å². The van der Waals surface area contributed by atoms with Gasteiger partial charge in [0.1, 0.15) is 5.60 Å². The van der Waals surface area contributed by atoms with Crippen LogP contribution in [-0.2, 0) is 9.53 Å². The lowest BCUT2D eigenvalue weighted by atomic mass is 9.97. The summed E-state index contributed by atoms with van der Waals surface area (Å²) in [5.74, 6) is 0.100. The summed E-state index contributed by atoms with van der Waals surface area (Å²) in [7, 11) is 0. The molecule has 0 radical (unpaired) electrons. The van der Waals surface area contributed by atoms with E-state index in [1.165, 1.54) is 0 Å². The van der Waals surface area contributed by atoms with Gasteiger partial charge in [0.05, 0.1) is 6.04 Å².